The van der Waals surface area contributed by atoms with Gasteiger partial charge in [-0.1, -0.05) is 188 Å². The molecule has 2 aliphatic rings. The number of fused-ring (bicyclic) bond motifs is 12. The molecule has 1 aliphatic carbocycles. The van der Waals surface area contributed by atoms with E-state index in [1.54, 1.807) is 0 Å². The second-order valence-corrected chi connectivity index (χ2v) is 16.7. The van der Waals surface area contributed by atoms with Gasteiger partial charge in [0.25, 0.3) is 0 Å². The molecule has 0 bridgehead atoms. The Labute approximate surface area is 371 Å². The minimum Gasteiger partial charge on any atom is -0.457 e. The van der Waals surface area contributed by atoms with E-state index in [9.17, 15) is 0 Å². The predicted molar refractivity (Wildman–Crippen MR) is 262 cm³/mol. The fourth-order valence-electron chi connectivity index (χ4n) is 10.8. The smallest absolute Gasteiger partial charge is 0.135 e. The molecule has 3 nitrogen and oxygen atoms in total. The SMILES string of the molecule is c1ccc(-c2ccccc2-c2ccccc2-c2ccccc2N(c2ccc3oc4ccccc4c3c2)c2cccc3c2-c2ccccc2C32c3ccccc3Oc3ccccc32)cc1. The molecule has 64 heavy (non-hydrogen) atoms. The van der Waals surface area contributed by atoms with Gasteiger partial charge in [-0.2, -0.15) is 0 Å². The fourth-order valence-corrected chi connectivity index (χ4v) is 10.8. The molecule has 0 unspecified atom stereocenters. The number of nitrogens with zero attached hydrogens (tertiary/aromatic N) is 1. The zero-order valence-corrected chi connectivity index (χ0v) is 34.8. The van der Waals surface area contributed by atoms with Crippen LogP contribution in [0.3, 0.4) is 0 Å². The number of anilines is 3. The van der Waals surface area contributed by atoms with Crippen LogP contribution < -0.4 is 9.64 Å². The monoisotopic (exact) mass is 817 g/mol. The first-order chi connectivity index (χ1) is 31.8. The molecule has 0 radical (unpaired) electrons. The Morgan fingerprint density at radius 2 is 0.844 bits per heavy atom. The van der Waals surface area contributed by atoms with Gasteiger partial charge in [-0.25, -0.2) is 0 Å². The van der Waals surface area contributed by atoms with Crippen LogP contribution >= 0.6 is 0 Å². The van der Waals surface area contributed by atoms with Gasteiger partial charge < -0.3 is 14.1 Å². The normalized spacial score (nSPS) is 12.9. The number of hydrogen-bond acceptors (Lipinski definition) is 3. The van der Waals surface area contributed by atoms with Crippen molar-refractivity contribution in [2.45, 2.75) is 5.41 Å². The molecule has 13 rings (SSSR count). The molecule has 1 aliphatic heterocycles. The molecular formula is C61H39NO2. The zero-order chi connectivity index (χ0) is 42.2. The van der Waals surface area contributed by atoms with E-state index in [1.165, 1.54) is 44.5 Å². The van der Waals surface area contributed by atoms with E-state index in [0.29, 0.717) is 0 Å². The van der Waals surface area contributed by atoms with Crippen molar-refractivity contribution in [1.29, 1.82) is 0 Å². The summed E-state index contributed by atoms with van der Waals surface area (Å²) in [5, 5.41) is 2.16. The summed E-state index contributed by atoms with van der Waals surface area (Å²) in [6.45, 7) is 0. The van der Waals surface area contributed by atoms with E-state index >= 15 is 0 Å². The number of para-hydroxylation sites is 4. The topological polar surface area (TPSA) is 25.6 Å². The Balaban J connectivity index is 1.11. The van der Waals surface area contributed by atoms with E-state index in [2.05, 4.69) is 235 Å². The van der Waals surface area contributed by atoms with E-state index in [0.717, 1.165) is 72.8 Å². The average Bonchev–Trinajstić information content (AvgIpc) is 3.89. The van der Waals surface area contributed by atoms with Gasteiger partial charge in [-0.05, 0) is 93.0 Å². The summed E-state index contributed by atoms with van der Waals surface area (Å²) in [5.41, 5.74) is 18.5. The molecule has 0 saturated carbocycles. The van der Waals surface area contributed by atoms with Gasteiger partial charge in [-0.15, -0.1) is 0 Å². The molecule has 0 fully saturated rings. The van der Waals surface area contributed by atoms with Crippen molar-refractivity contribution in [2.75, 3.05) is 4.90 Å². The average molecular weight is 818 g/mol. The third-order valence-electron chi connectivity index (χ3n) is 13.4. The first-order valence-electron chi connectivity index (χ1n) is 21.9. The highest BCUT2D eigenvalue weighted by molar-refractivity contribution is 6.08. The van der Waals surface area contributed by atoms with Gasteiger partial charge in [0.15, 0.2) is 0 Å². The van der Waals surface area contributed by atoms with Crippen molar-refractivity contribution in [3.05, 3.63) is 259 Å². The third kappa shape index (κ3) is 5.28. The van der Waals surface area contributed by atoms with Crippen molar-refractivity contribution in [2.24, 2.45) is 0 Å². The lowest BCUT2D eigenvalue weighted by Gasteiger charge is -2.39. The number of hydrogen-bond donors (Lipinski definition) is 0. The quantitative estimate of drug-likeness (QED) is 0.167. The Morgan fingerprint density at radius 3 is 1.59 bits per heavy atom. The summed E-state index contributed by atoms with van der Waals surface area (Å²) in [6, 6.07) is 85.2. The predicted octanol–water partition coefficient (Wildman–Crippen LogP) is 16.5. The van der Waals surface area contributed by atoms with Gasteiger partial charge in [-0.3, -0.25) is 0 Å². The molecule has 1 spiro atoms. The lowest BCUT2D eigenvalue weighted by molar-refractivity contribution is 0.436. The van der Waals surface area contributed by atoms with Crippen LogP contribution in [0, 0.1) is 0 Å². The minimum atomic E-state index is -0.614. The summed E-state index contributed by atoms with van der Waals surface area (Å²) in [6.07, 6.45) is 0. The highest BCUT2D eigenvalue weighted by Gasteiger charge is 2.52. The largest absolute Gasteiger partial charge is 0.457 e. The van der Waals surface area contributed by atoms with Gasteiger partial charge in [0.05, 0.1) is 16.8 Å². The molecule has 0 atom stereocenters. The third-order valence-corrected chi connectivity index (χ3v) is 13.4. The van der Waals surface area contributed by atoms with E-state index < -0.39 is 5.41 Å². The van der Waals surface area contributed by atoms with Crippen molar-refractivity contribution in [1.82, 2.24) is 0 Å². The highest BCUT2D eigenvalue weighted by atomic mass is 16.5. The number of furan rings is 1. The lowest BCUT2D eigenvalue weighted by Crippen LogP contribution is -2.32. The standard InChI is InChI=1S/C61H39NO2/c1-2-19-40(20-3-1)42-21-4-5-22-43(42)44-23-6-7-24-45(44)46-25-9-14-32-54(46)62(41-37-38-57-49(39-41)47-26-10-15-34-56(47)63-57)55-33-18-31-53-60(55)48-27-8-11-28-50(48)61(53)51-29-12-16-35-58(51)64-59-36-17-13-30-52(59)61/h1-39H. The summed E-state index contributed by atoms with van der Waals surface area (Å²) in [4.78, 5) is 2.49. The van der Waals surface area contributed by atoms with E-state index in [-0.39, 0.29) is 0 Å². The van der Waals surface area contributed by atoms with Crippen molar-refractivity contribution >= 4 is 39.0 Å². The van der Waals surface area contributed by atoms with Crippen LogP contribution in [0.4, 0.5) is 17.1 Å². The van der Waals surface area contributed by atoms with Crippen LogP contribution in [0.5, 0.6) is 11.5 Å². The van der Waals surface area contributed by atoms with E-state index in [1.807, 2.05) is 6.07 Å². The fraction of sp³-hybridized carbons (Fsp3) is 0.0164. The summed E-state index contributed by atoms with van der Waals surface area (Å²) >= 11 is 0. The molecule has 10 aromatic carbocycles. The number of benzene rings is 10. The minimum absolute atomic E-state index is 0.614. The maximum Gasteiger partial charge on any atom is 0.135 e. The van der Waals surface area contributed by atoms with Crippen LogP contribution in [0.1, 0.15) is 22.3 Å². The summed E-state index contributed by atoms with van der Waals surface area (Å²) < 4.78 is 13.1. The molecule has 1 aromatic heterocycles. The molecule has 0 saturated heterocycles. The van der Waals surface area contributed by atoms with Crippen molar-refractivity contribution in [3.63, 3.8) is 0 Å². The molecular weight excluding hydrogens is 779 g/mol. The first-order valence-corrected chi connectivity index (χ1v) is 21.9. The van der Waals surface area contributed by atoms with Crippen molar-refractivity contribution in [3.8, 4) is 56.0 Å². The lowest BCUT2D eigenvalue weighted by atomic mass is 9.66. The molecule has 2 heterocycles. The van der Waals surface area contributed by atoms with E-state index in [4.69, 9.17) is 9.15 Å². The Bertz CT molecular complexity index is 3570. The molecule has 0 N–H and O–H groups in total. The molecule has 11 aromatic rings. The van der Waals surface area contributed by atoms with Crippen LogP contribution in [0.15, 0.2) is 241 Å². The Hall–Kier alpha value is -8.40. The van der Waals surface area contributed by atoms with Gasteiger partial charge in [0.1, 0.15) is 22.7 Å². The maximum absolute atomic E-state index is 6.71. The first kappa shape index (κ1) is 36.3. The maximum atomic E-state index is 6.71. The molecule has 0 amide bonds. The zero-order valence-electron chi connectivity index (χ0n) is 34.8. The van der Waals surface area contributed by atoms with Gasteiger partial charge in [0.2, 0.25) is 0 Å². The van der Waals surface area contributed by atoms with Crippen LogP contribution in [-0.2, 0) is 5.41 Å². The Kier molecular flexibility index (Phi) is 8.13. The number of rotatable bonds is 6. The summed E-state index contributed by atoms with van der Waals surface area (Å²) in [5.74, 6) is 1.75. The van der Waals surface area contributed by atoms with Crippen molar-refractivity contribution < 1.29 is 9.15 Å². The molecule has 3 heteroatoms. The second-order valence-electron chi connectivity index (χ2n) is 16.7. The highest BCUT2D eigenvalue weighted by Crippen LogP contribution is 2.64. The number of ether oxygens (including phenoxy) is 1. The van der Waals surface area contributed by atoms with Gasteiger partial charge >= 0.3 is 0 Å². The molecule has 300 valence electrons. The second kappa shape index (κ2) is 14.3. The Morgan fingerprint density at radius 1 is 0.328 bits per heavy atom. The van der Waals surface area contributed by atoms with Crippen LogP contribution in [0.2, 0.25) is 0 Å². The van der Waals surface area contributed by atoms with Crippen LogP contribution in [-0.4, -0.2) is 0 Å². The summed E-state index contributed by atoms with van der Waals surface area (Å²) in [7, 11) is 0. The van der Waals surface area contributed by atoms with Gasteiger partial charge in [0, 0.05) is 38.7 Å². The van der Waals surface area contributed by atoms with Crippen LogP contribution in [0.25, 0.3) is 66.4 Å².